The van der Waals surface area contributed by atoms with Gasteiger partial charge in [0, 0.05) is 36.9 Å². The number of rotatable bonds is 0. The summed E-state index contributed by atoms with van der Waals surface area (Å²) in [5.74, 6) is 0. The summed E-state index contributed by atoms with van der Waals surface area (Å²) >= 11 is 0. The standard InChI is InChI=1S/BH2P.Ni.Re/c1-2;;/h2H2;;. The summed E-state index contributed by atoms with van der Waals surface area (Å²) in [7, 11) is 6.33. The Bertz CT molecular complexity index is 8.00. The Kier molecular flexibility index (Phi) is 98.9. The predicted molar refractivity (Wildman–Crippen MR) is 15.5 cm³/mol. The first-order chi connectivity index (χ1) is 1.00. The molecule has 0 amide bonds. The third-order valence-corrected chi connectivity index (χ3v) is 0. The van der Waals surface area contributed by atoms with E-state index < -0.39 is 0 Å². The van der Waals surface area contributed by atoms with Gasteiger partial charge in [-0.1, -0.05) is 0 Å². The largest absolute Gasteiger partial charge is 0.187 e. The van der Waals surface area contributed by atoms with E-state index in [-0.39, 0.29) is 36.9 Å². The normalized spacial score (nSPS) is 1.25. The molecule has 0 aliphatic heterocycles. The maximum Gasteiger partial charge on any atom is 0.0996 e. The van der Waals surface area contributed by atoms with Crippen LogP contribution in [0.15, 0.2) is 0 Å². The molecule has 1 unspecified atom stereocenters. The van der Waals surface area contributed by atoms with Crippen molar-refractivity contribution in [1.29, 1.82) is 0 Å². The molecule has 4 heavy (non-hydrogen) atoms. The van der Waals surface area contributed by atoms with Crippen molar-refractivity contribution in [3.8, 4) is 0 Å². The van der Waals surface area contributed by atoms with Crippen molar-refractivity contribution in [2.45, 2.75) is 0 Å². The van der Waals surface area contributed by atoms with Crippen LogP contribution in [0.2, 0.25) is 0 Å². The maximum absolute atomic E-state index is 4.42. The zero-order valence-electron chi connectivity index (χ0n) is 1.85. The molecule has 4 heteroatoms. The van der Waals surface area contributed by atoms with Crippen molar-refractivity contribution in [3.05, 3.63) is 0 Å². The summed E-state index contributed by atoms with van der Waals surface area (Å²) in [4.78, 5) is 0. The SMILES string of the molecule is [B]P.[Ni].[Re]. The summed E-state index contributed by atoms with van der Waals surface area (Å²) in [6.45, 7) is 0. The van der Waals surface area contributed by atoms with E-state index in [0.29, 0.717) is 0 Å². The fourth-order valence-corrected chi connectivity index (χ4v) is 0. The van der Waals surface area contributed by atoms with E-state index in [1.165, 1.54) is 0 Å². The molecule has 0 fully saturated rings. The summed E-state index contributed by atoms with van der Waals surface area (Å²) in [6, 6.07) is 0. The minimum absolute atomic E-state index is 0. The summed E-state index contributed by atoms with van der Waals surface area (Å²) < 4.78 is 0. The Balaban J connectivity index is -0.00000000500. The number of hydrogen-bond acceptors (Lipinski definition) is 0. The summed E-state index contributed by atoms with van der Waals surface area (Å²) in [5, 5.41) is 0. The van der Waals surface area contributed by atoms with Crippen molar-refractivity contribution in [2.24, 2.45) is 0 Å². The molecule has 0 N–H and O–H groups in total. The molecule has 0 aromatic rings. The van der Waals surface area contributed by atoms with Crippen molar-refractivity contribution in [3.63, 3.8) is 0 Å². The molecule has 3 radical (unpaired) electrons. The van der Waals surface area contributed by atoms with Crippen LogP contribution in [0.25, 0.3) is 0 Å². The van der Waals surface area contributed by atoms with Crippen LogP contribution >= 0.6 is 9.12 Å². The molecule has 0 saturated heterocycles. The molecule has 0 spiro atoms. The van der Waals surface area contributed by atoms with Crippen LogP contribution in [0.3, 0.4) is 0 Å². The van der Waals surface area contributed by atoms with Gasteiger partial charge in [-0.3, -0.25) is 0 Å². The quantitative estimate of drug-likeness (QED) is 0.433. The first kappa shape index (κ1) is 17.4. The molecule has 0 bridgehead atoms. The Hall–Kier alpha value is 1.65. The Morgan fingerprint density at radius 1 is 1.25 bits per heavy atom. The zero-order chi connectivity index (χ0) is 2.00. The maximum atomic E-state index is 4.42. The summed E-state index contributed by atoms with van der Waals surface area (Å²) in [6.07, 6.45) is 0. The van der Waals surface area contributed by atoms with Gasteiger partial charge in [-0.2, -0.15) is 9.12 Å². The molecule has 0 rings (SSSR count). The molecule has 0 aliphatic rings. The van der Waals surface area contributed by atoms with Crippen molar-refractivity contribution in [2.75, 3.05) is 0 Å². The fraction of sp³-hybridized carbons (Fsp3) is 0. The van der Waals surface area contributed by atoms with Gasteiger partial charge in [0.25, 0.3) is 0 Å². The van der Waals surface area contributed by atoms with Crippen LogP contribution in [0.1, 0.15) is 0 Å². The molecular formula is H2BNiPRe. The molecule has 0 heterocycles. The first-order valence-electron chi connectivity index (χ1n) is 0.333. The smallest absolute Gasteiger partial charge is 0.0996 e. The molecule has 0 saturated carbocycles. The first-order valence-corrected chi connectivity index (χ1v) is 1.00. The minimum Gasteiger partial charge on any atom is -0.187 e. The van der Waals surface area contributed by atoms with Crippen LogP contribution in [-0.4, -0.2) is 7.57 Å². The second-order valence-electron chi connectivity index (χ2n) is 0. The van der Waals surface area contributed by atoms with Crippen molar-refractivity contribution < 1.29 is 36.9 Å². The summed E-state index contributed by atoms with van der Waals surface area (Å²) in [5.41, 5.74) is 0. The van der Waals surface area contributed by atoms with Gasteiger partial charge in [-0.25, -0.2) is 0 Å². The Morgan fingerprint density at radius 2 is 1.25 bits per heavy atom. The van der Waals surface area contributed by atoms with E-state index >= 15 is 0 Å². The fourth-order valence-electron chi connectivity index (χ4n) is 0. The molecule has 0 aromatic heterocycles. The molecule has 0 aliphatic carbocycles. The Labute approximate surface area is 53.6 Å². The topological polar surface area (TPSA) is 0 Å². The molecule has 0 nitrogen and oxygen atoms in total. The van der Waals surface area contributed by atoms with Crippen LogP contribution < -0.4 is 0 Å². The van der Waals surface area contributed by atoms with Crippen LogP contribution in [0, 0.1) is 0 Å². The van der Waals surface area contributed by atoms with Gasteiger partial charge in [0.15, 0.2) is 0 Å². The molecule has 0 aromatic carbocycles. The van der Waals surface area contributed by atoms with Gasteiger partial charge in [0.05, 0.1) is 7.57 Å². The van der Waals surface area contributed by atoms with E-state index in [2.05, 4.69) is 7.57 Å². The van der Waals surface area contributed by atoms with E-state index in [0.717, 1.165) is 0 Å². The zero-order valence-corrected chi connectivity index (χ0v) is 6.71. The third-order valence-electron chi connectivity index (χ3n) is 0. The average molecular weight is 289 g/mol. The third kappa shape index (κ3) is 9.41. The van der Waals surface area contributed by atoms with E-state index in [4.69, 9.17) is 0 Å². The molecule has 1 atom stereocenters. The number of hydrogen-bond donors (Lipinski definition) is 0. The van der Waals surface area contributed by atoms with Crippen LogP contribution in [-0.2, 0) is 36.9 Å². The second kappa shape index (κ2) is 22.7. The van der Waals surface area contributed by atoms with Gasteiger partial charge in [-0.05, 0) is 0 Å². The monoisotopic (exact) mass is 289 g/mol. The van der Waals surface area contributed by atoms with Gasteiger partial charge in [-0.15, -0.1) is 0 Å². The van der Waals surface area contributed by atoms with Crippen molar-refractivity contribution in [1.82, 2.24) is 0 Å². The predicted octanol–water partition coefficient (Wildman–Crippen LogP) is -0.0600. The van der Waals surface area contributed by atoms with Gasteiger partial charge < -0.3 is 0 Å². The molecular weight excluding hydrogens is 287 g/mol. The minimum atomic E-state index is 0. The Morgan fingerprint density at radius 3 is 1.25 bits per heavy atom. The van der Waals surface area contributed by atoms with E-state index in [9.17, 15) is 0 Å². The van der Waals surface area contributed by atoms with Gasteiger partial charge >= 0.3 is 0 Å². The second-order valence-corrected chi connectivity index (χ2v) is 0. The van der Waals surface area contributed by atoms with E-state index in [1.54, 1.807) is 0 Å². The molecule has 27 valence electrons. The van der Waals surface area contributed by atoms with Crippen LogP contribution in [0.4, 0.5) is 0 Å². The van der Waals surface area contributed by atoms with Gasteiger partial charge in [0.1, 0.15) is 0 Å². The van der Waals surface area contributed by atoms with Crippen molar-refractivity contribution >= 4 is 16.7 Å². The average Bonchev–Trinajstić information content (AvgIpc) is 1.00. The van der Waals surface area contributed by atoms with Gasteiger partial charge in [0.2, 0.25) is 0 Å². The van der Waals surface area contributed by atoms with Crippen LogP contribution in [0.5, 0.6) is 0 Å². The van der Waals surface area contributed by atoms with E-state index in [1.807, 2.05) is 9.12 Å².